The third-order valence-corrected chi connectivity index (χ3v) is 15.5. The highest BCUT2D eigenvalue weighted by molar-refractivity contribution is 7.45. The minimum Gasteiger partial charge on any atom is -0.756 e. The summed E-state index contributed by atoms with van der Waals surface area (Å²) in [5.74, 6) is -0.563. The zero-order valence-corrected chi connectivity index (χ0v) is 54.4. The Morgan fingerprint density at radius 1 is 0.444 bits per heavy atom. The fourth-order valence-corrected chi connectivity index (χ4v) is 10.1. The molecule has 0 radical (unpaired) electrons. The number of ether oxygens (including phenoxy) is 1. The van der Waals surface area contributed by atoms with Crippen molar-refractivity contribution in [1.29, 1.82) is 0 Å². The van der Waals surface area contributed by atoms with Crippen molar-refractivity contribution in [2.24, 2.45) is 0 Å². The second kappa shape index (κ2) is 60.1. The molecule has 1 amide bonds. The van der Waals surface area contributed by atoms with Crippen LogP contribution in [0.2, 0.25) is 0 Å². The van der Waals surface area contributed by atoms with Gasteiger partial charge in [0.05, 0.1) is 33.8 Å². The Hall–Kier alpha value is -3.07. The number of hydrogen-bond donors (Lipinski definition) is 1. The van der Waals surface area contributed by atoms with E-state index in [1.54, 1.807) is 0 Å². The van der Waals surface area contributed by atoms with E-state index >= 15 is 0 Å². The molecule has 0 aliphatic rings. The number of hydrogen-bond acceptors (Lipinski definition) is 7. The minimum absolute atomic E-state index is 0.0295. The van der Waals surface area contributed by atoms with E-state index in [0.29, 0.717) is 23.9 Å². The standard InChI is InChI=1S/C71H127N2O7P/c1-7-10-13-16-19-22-25-27-29-31-33-35-36-38-39-41-43-45-48-51-54-57-60-63-70(74)72-68(67-79-81(76,77)78-66-65-73(4,5)6)69(62-59-56-53-50-47-24-21-18-15-12-9-3)80-71(75)64-61-58-55-52-49-46-44-42-40-37-34-32-30-28-26-23-20-17-14-11-8-2/h11,14,19-20,22-23,27-30,34,37,42,44,59,62,68-69H,7-10,12-13,15-18,21,24-26,31-33,35-36,38-41,43,45-58,60-61,63-67H2,1-6H3,(H-,72,74,76,77)/b14-11-,22-19-,23-20-,29-27-,30-28-,37-34-,44-42-,62-59+. The van der Waals surface area contributed by atoms with Gasteiger partial charge >= 0.3 is 5.97 Å². The van der Waals surface area contributed by atoms with Crippen LogP contribution in [0, 0.1) is 0 Å². The van der Waals surface area contributed by atoms with Crippen LogP contribution in [0.1, 0.15) is 290 Å². The van der Waals surface area contributed by atoms with E-state index in [-0.39, 0.29) is 24.9 Å². The predicted molar refractivity (Wildman–Crippen MR) is 348 cm³/mol. The number of likely N-dealkylation sites (N-methyl/N-ethyl adjacent to an activating group) is 1. The highest BCUT2D eigenvalue weighted by atomic mass is 31.2. The van der Waals surface area contributed by atoms with Gasteiger partial charge in [-0.2, -0.15) is 0 Å². The first-order valence-corrected chi connectivity index (χ1v) is 35.0. The number of phosphoric acid groups is 1. The molecule has 10 heteroatoms. The highest BCUT2D eigenvalue weighted by Gasteiger charge is 2.27. The molecule has 0 bridgehead atoms. The molecule has 1 N–H and O–H groups in total. The third-order valence-electron chi connectivity index (χ3n) is 14.5. The summed E-state index contributed by atoms with van der Waals surface area (Å²) in [6.07, 6.45) is 80.9. The van der Waals surface area contributed by atoms with Crippen molar-refractivity contribution in [2.75, 3.05) is 40.9 Å². The molecule has 0 aliphatic heterocycles. The number of unbranched alkanes of at least 4 members (excludes halogenated alkanes) is 30. The van der Waals surface area contributed by atoms with Gasteiger partial charge < -0.3 is 28.5 Å². The fraction of sp³-hybridized carbons (Fsp3) is 0.746. The average Bonchev–Trinajstić information content (AvgIpc) is 3.43. The van der Waals surface area contributed by atoms with Crippen LogP contribution in [0.4, 0.5) is 0 Å². The van der Waals surface area contributed by atoms with Gasteiger partial charge in [-0.15, -0.1) is 0 Å². The molecule has 0 heterocycles. The van der Waals surface area contributed by atoms with Gasteiger partial charge in [-0.25, -0.2) is 0 Å². The normalized spacial score (nSPS) is 14.2. The van der Waals surface area contributed by atoms with Crippen molar-refractivity contribution >= 4 is 19.7 Å². The van der Waals surface area contributed by atoms with Gasteiger partial charge in [-0.1, -0.05) is 266 Å². The maximum atomic E-state index is 13.6. The number of rotatable bonds is 60. The first kappa shape index (κ1) is 77.9. The Kier molecular flexibility index (Phi) is 57.8. The number of nitrogens with one attached hydrogen (secondary N) is 1. The van der Waals surface area contributed by atoms with E-state index in [1.165, 1.54) is 141 Å². The summed E-state index contributed by atoms with van der Waals surface area (Å²) >= 11 is 0. The zero-order valence-electron chi connectivity index (χ0n) is 53.5. The van der Waals surface area contributed by atoms with Crippen molar-refractivity contribution < 1.29 is 37.3 Å². The summed E-state index contributed by atoms with van der Waals surface area (Å²) in [6.45, 7) is 6.70. The molecule has 0 spiro atoms. The van der Waals surface area contributed by atoms with Crippen molar-refractivity contribution in [3.63, 3.8) is 0 Å². The molecule has 0 aliphatic carbocycles. The van der Waals surface area contributed by atoms with Crippen molar-refractivity contribution in [2.45, 2.75) is 303 Å². The SMILES string of the molecule is CC/C=C\C/C=C\C/C=C\C/C=C\C/C=C\CCCCCCCC(=O)OC(/C=C/CCCCCCCCCCC)C(COP(=O)([O-])OCC[N+](C)(C)C)NC(=O)CCCCCCCCCCCCCCC/C=C\C/C=C\CCCCC. The molecule has 0 rings (SSSR count). The van der Waals surface area contributed by atoms with Crippen LogP contribution < -0.4 is 10.2 Å². The summed E-state index contributed by atoms with van der Waals surface area (Å²) in [4.78, 5) is 40.1. The predicted octanol–water partition coefficient (Wildman–Crippen LogP) is 20.5. The Morgan fingerprint density at radius 3 is 1.21 bits per heavy atom. The molecule has 81 heavy (non-hydrogen) atoms. The van der Waals surface area contributed by atoms with E-state index in [2.05, 4.69) is 111 Å². The van der Waals surface area contributed by atoms with Crippen molar-refractivity contribution in [1.82, 2.24) is 5.32 Å². The summed E-state index contributed by atoms with van der Waals surface area (Å²) in [7, 11) is 1.17. The summed E-state index contributed by atoms with van der Waals surface area (Å²) < 4.78 is 30.4. The van der Waals surface area contributed by atoms with E-state index in [9.17, 15) is 19.0 Å². The maximum absolute atomic E-state index is 13.6. The number of quaternary nitrogens is 1. The number of carbonyl (C=O) groups excluding carboxylic acids is 2. The smallest absolute Gasteiger partial charge is 0.306 e. The molecule has 0 saturated heterocycles. The Labute approximate surface area is 500 Å². The van der Waals surface area contributed by atoms with Crippen molar-refractivity contribution in [3.8, 4) is 0 Å². The highest BCUT2D eigenvalue weighted by Crippen LogP contribution is 2.38. The molecule has 9 nitrogen and oxygen atoms in total. The molecule has 468 valence electrons. The van der Waals surface area contributed by atoms with Crippen LogP contribution in [0.5, 0.6) is 0 Å². The third kappa shape index (κ3) is 61.3. The van der Waals surface area contributed by atoms with Gasteiger partial charge in [0.1, 0.15) is 19.3 Å². The topological polar surface area (TPSA) is 114 Å². The number of carbonyl (C=O) groups is 2. The van der Waals surface area contributed by atoms with E-state index in [0.717, 1.165) is 109 Å². The molecule has 3 unspecified atom stereocenters. The number of nitrogens with zero attached hydrogens (tertiary/aromatic N) is 1. The van der Waals surface area contributed by atoms with Gasteiger partial charge in [0.25, 0.3) is 7.82 Å². The number of allylic oxidation sites excluding steroid dienone is 15. The van der Waals surface area contributed by atoms with E-state index < -0.39 is 26.6 Å². The lowest BCUT2D eigenvalue weighted by Gasteiger charge is -2.30. The molecule has 0 aromatic carbocycles. The van der Waals surface area contributed by atoms with E-state index in [4.69, 9.17) is 13.8 Å². The van der Waals surface area contributed by atoms with Gasteiger partial charge in [0.2, 0.25) is 5.91 Å². The van der Waals surface area contributed by atoms with Crippen LogP contribution in [0.25, 0.3) is 0 Å². The number of amides is 1. The van der Waals surface area contributed by atoms with Crippen LogP contribution in [-0.2, 0) is 27.9 Å². The van der Waals surface area contributed by atoms with Gasteiger partial charge in [0, 0.05) is 12.8 Å². The quantitative estimate of drug-likeness (QED) is 0.0212. The summed E-state index contributed by atoms with van der Waals surface area (Å²) in [5.41, 5.74) is 0. The Morgan fingerprint density at radius 2 is 0.790 bits per heavy atom. The second-order valence-electron chi connectivity index (χ2n) is 23.6. The van der Waals surface area contributed by atoms with Gasteiger partial charge in [-0.3, -0.25) is 14.2 Å². The lowest BCUT2D eigenvalue weighted by Crippen LogP contribution is -2.47. The fourth-order valence-electron chi connectivity index (χ4n) is 9.34. The number of phosphoric ester groups is 1. The first-order chi connectivity index (χ1) is 39.4. The summed E-state index contributed by atoms with van der Waals surface area (Å²) in [6, 6.07) is -0.902. The van der Waals surface area contributed by atoms with Crippen LogP contribution >= 0.6 is 7.82 Å². The van der Waals surface area contributed by atoms with Crippen LogP contribution in [0.3, 0.4) is 0 Å². The second-order valence-corrected chi connectivity index (χ2v) is 25.0. The van der Waals surface area contributed by atoms with Crippen LogP contribution in [0.15, 0.2) is 97.2 Å². The lowest BCUT2D eigenvalue weighted by molar-refractivity contribution is -0.870. The number of esters is 1. The van der Waals surface area contributed by atoms with Crippen LogP contribution in [-0.4, -0.2) is 69.4 Å². The first-order valence-electron chi connectivity index (χ1n) is 33.5. The minimum atomic E-state index is -4.71. The largest absolute Gasteiger partial charge is 0.756 e. The Bertz CT molecular complexity index is 1710. The Balaban J connectivity index is 5.14. The average molecular weight is 1150 g/mol. The molecule has 3 atom stereocenters. The molecule has 0 aromatic rings. The molecular formula is C71H127N2O7P. The van der Waals surface area contributed by atoms with Gasteiger partial charge in [-0.05, 0) is 109 Å². The van der Waals surface area contributed by atoms with Crippen molar-refractivity contribution in [3.05, 3.63) is 97.2 Å². The van der Waals surface area contributed by atoms with E-state index in [1.807, 2.05) is 33.3 Å². The molecule has 0 saturated carbocycles. The maximum Gasteiger partial charge on any atom is 0.306 e. The monoisotopic (exact) mass is 1150 g/mol. The molecule has 0 aromatic heterocycles. The zero-order chi connectivity index (χ0) is 59.3. The molecular weight excluding hydrogens is 1020 g/mol. The lowest BCUT2D eigenvalue weighted by atomic mass is 10.0. The van der Waals surface area contributed by atoms with Gasteiger partial charge in [0.15, 0.2) is 0 Å². The molecule has 0 fully saturated rings. The summed E-state index contributed by atoms with van der Waals surface area (Å²) in [5, 5.41) is 3.03.